The number of ether oxygens (including phenoxy) is 3. The van der Waals surface area contributed by atoms with Crippen molar-refractivity contribution in [1.29, 1.82) is 0 Å². The lowest BCUT2D eigenvalue weighted by Gasteiger charge is -2.27. The molecule has 1 saturated heterocycles. The maximum absolute atomic E-state index is 11.3. The predicted octanol–water partition coefficient (Wildman–Crippen LogP) is 1.27. The highest BCUT2D eigenvalue weighted by molar-refractivity contribution is 5.79. The lowest BCUT2D eigenvalue weighted by atomic mass is 10.1. The molecule has 0 atom stereocenters. The molecule has 6 heteroatoms. The fraction of sp³-hybridized carbons (Fsp3) is 0.467. The Morgan fingerprint density at radius 3 is 2.67 bits per heavy atom. The van der Waals surface area contributed by atoms with Crippen molar-refractivity contribution in [2.24, 2.45) is 0 Å². The Kier molecular flexibility index (Phi) is 5.30. The molecule has 0 radical (unpaired) electrons. The minimum atomic E-state index is -0.421. The molecular weight excluding hydrogens is 274 g/mol. The largest absolute Gasteiger partial charge is 0.493 e. The van der Waals surface area contributed by atoms with Gasteiger partial charge < -0.3 is 14.2 Å². The normalized spacial score (nSPS) is 15.5. The average molecular weight is 293 g/mol. The highest BCUT2D eigenvalue weighted by Gasteiger charge is 2.19. The molecule has 0 unspecified atom stereocenters. The summed E-state index contributed by atoms with van der Waals surface area (Å²) in [4.78, 5) is 24.5. The minimum absolute atomic E-state index is 0.377. The van der Waals surface area contributed by atoms with E-state index in [0.717, 1.165) is 24.9 Å². The van der Waals surface area contributed by atoms with Crippen molar-refractivity contribution in [3.05, 3.63) is 23.3 Å². The van der Waals surface area contributed by atoms with Gasteiger partial charge in [0.1, 0.15) is 6.29 Å². The first-order chi connectivity index (χ1) is 10.1. The zero-order valence-corrected chi connectivity index (χ0v) is 12.3. The van der Waals surface area contributed by atoms with Gasteiger partial charge in [0.25, 0.3) is 0 Å². The molecule has 0 amide bonds. The van der Waals surface area contributed by atoms with Crippen LogP contribution in [0.5, 0.6) is 11.5 Å². The number of carbonyl (C=O) groups excluding carboxylic acids is 2. The molecule has 0 bridgehead atoms. The first-order valence-corrected chi connectivity index (χ1v) is 6.78. The first kappa shape index (κ1) is 15.5. The van der Waals surface area contributed by atoms with Crippen LogP contribution in [0.25, 0.3) is 0 Å². The molecule has 114 valence electrons. The van der Waals surface area contributed by atoms with Crippen LogP contribution in [0, 0.1) is 0 Å². The van der Waals surface area contributed by atoms with Crippen molar-refractivity contribution in [1.82, 2.24) is 4.90 Å². The van der Waals surface area contributed by atoms with Crippen molar-refractivity contribution in [3.8, 4) is 11.5 Å². The number of aldehydes is 1. The van der Waals surface area contributed by atoms with E-state index < -0.39 is 5.97 Å². The van der Waals surface area contributed by atoms with E-state index in [1.807, 2.05) is 0 Å². The predicted molar refractivity (Wildman–Crippen MR) is 75.8 cm³/mol. The van der Waals surface area contributed by atoms with Crippen LogP contribution in [0.1, 0.15) is 22.8 Å². The third-order valence-electron chi connectivity index (χ3n) is 3.25. The number of benzene rings is 1. The summed E-state index contributed by atoms with van der Waals surface area (Å²) in [6.07, 6.45) is 0.753. The SMILES string of the molecule is COc1cc(C=O)cc(CN2CCOCC2)c1OC(C)=O. The molecular formula is C15H19NO5. The van der Waals surface area contributed by atoms with Gasteiger partial charge in [0, 0.05) is 37.7 Å². The van der Waals surface area contributed by atoms with E-state index in [1.54, 1.807) is 12.1 Å². The Hall–Kier alpha value is -1.92. The van der Waals surface area contributed by atoms with E-state index >= 15 is 0 Å². The van der Waals surface area contributed by atoms with Gasteiger partial charge in [-0.2, -0.15) is 0 Å². The third-order valence-corrected chi connectivity index (χ3v) is 3.25. The average Bonchev–Trinajstić information content (AvgIpc) is 2.49. The second kappa shape index (κ2) is 7.19. The maximum Gasteiger partial charge on any atom is 0.308 e. The zero-order valence-electron chi connectivity index (χ0n) is 12.3. The third kappa shape index (κ3) is 4.03. The van der Waals surface area contributed by atoms with E-state index in [0.29, 0.717) is 36.8 Å². The highest BCUT2D eigenvalue weighted by atomic mass is 16.6. The second-order valence-corrected chi connectivity index (χ2v) is 4.81. The molecule has 0 aromatic heterocycles. The van der Waals surface area contributed by atoms with Gasteiger partial charge in [-0.05, 0) is 12.1 Å². The molecule has 1 aromatic rings. The fourth-order valence-electron chi connectivity index (χ4n) is 2.28. The molecule has 1 aromatic carbocycles. The van der Waals surface area contributed by atoms with Crippen molar-refractivity contribution in [3.63, 3.8) is 0 Å². The summed E-state index contributed by atoms with van der Waals surface area (Å²) in [5, 5.41) is 0. The molecule has 0 saturated carbocycles. The summed E-state index contributed by atoms with van der Waals surface area (Å²) >= 11 is 0. The number of methoxy groups -OCH3 is 1. The number of nitrogens with zero attached hydrogens (tertiary/aromatic N) is 1. The van der Waals surface area contributed by atoms with Gasteiger partial charge in [-0.1, -0.05) is 0 Å². The molecule has 1 aliphatic rings. The van der Waals surface area contributed by atoms with Gasteiger partial charge in [-0.3, -0.25) is 14.5 Å². The van der Waals surface area contributed by atoms with Crippen LogP contribution in [0.2, 0.25) is 0 Å². The topological polar surface area (TPSA) is 65.1 Å². The first-order valence-electron chi connectivity index (χ1n) is 6.78. The van der Waals surface area contributed by atoms with Crippen LogP contribution in [0.15, 0.2) is 12.1 Å². The van der Waals surface area contributed by atoms with Gasteiger partial charge >= 0.3 is 5.97 Å². The lowest BCUT2D eigenvalue weighted by Crippen LogP contribution is -2.35. The van der Waals surface area contributed by atoms with E-state index in [4.69, 9.17) is 14.2 Å². The number of hydrogen-bond donors (Lipinski definition) is 0. The van der Waals surface area contributed by atoms with Crippen LogP contribution in [0.4, 0.5) is 0 Å². The van der Waals surface area contributed by atoms with Crippen LogP contribution in [0.3, 0.4) is 0 Å². The molecule has 6 nitrogen and oxygen atoms in total. The Labute approximate surface area is 123 Å². The molecule has 0 spiro atoms. The molecule has 0 N–H and O–H groups in total. The van der Waals surface area contributed by atoms with E-state index in [-0.39, 0.29) is 0 Å². The van der Waals surface area contributed by atoms with Crippen molar-refractivity contribution < 1.29 is 23.8 Å². The smallest absolute Gasteiger partial charge is 0.308 e. The monoisotopic (exact) mass is 293 g/mol. The lowest BCUT2D eigenvalue weighted by molar-refractivity contribution is -0.132. The van der Waals surface area contributed by atoms with Gasteiger partial charge in [-0.25, -0.2) is 0 Å². The van der Waals surface area contributed by atoms with Gasteiger partial charge in [0.15, 0.2) is 11.5 Å². The van der Waals surface area contributed by atoms with Crippen LogP contribution < -0.4 is 9.47 Å². The number of rotatable bonds is 5. The molecule has 21 heavy (non-hydrogen) atoms. The quantitative estimate of drug-likeness (QED) is 0.463. The molecule has 2 rings (SSSR count). The van der Waals surface area contributed by atoms with Crippen molar-refractivity contribution in [2.45, 2.75) is 13.5 Å². The molecule has 0 aliphatic carbocycles. The second-order valence-electron chi connectivity index (χ2n) is 4.81. The number of carbonyl (C=O) groups is 2. The molecule has 1 aliphatic heterocycles. The van der Waals surface area contributed by atoms with Gasteiger partial charge in [0.05, 0.1) is 20.3 Å². The van der Waals surface area contributed by atoms with E-state index in [2.05, 4.69) is 4.90 Å². The summed E-state index contributed by atoms with van der Waals surface area (Å²) in [7, 11) is 1.48. The summed E-state index contributed by atoms with van der Waals surface area (Å²) in [5.74, 6) is 0.343. The Balaban J connectivity index is 2.33. The summed E-state index contributed by atoms with van der Waals surface area (Å²) < 4.78 is 15.8. The Bertz CT molecular complexity index is 523. The highest BCUT2D eigenvalue weighted by Crippen LogP contribution is 2.33. The summed E-state index contributed by atoms with van der Waals surface area (Å²) in [5.41, 5.74) is 1.25. The van der Waals surface area contributed by atoms with Gasteiger partial charge in [-0.15, -0.1) is 0 Å². The van der Waals surface area contributed by atoms with Crippen molar-refractivity contribution in [2.75, 3.05) is 33.4 Å². The van der Waals surface area contributed by atoms with Crippen LogP contribution in [-0.2, 0) is 16.1 Å². The molecule has 1 fully saturated rings. The van der Waals surface area contributed by atoms with E-state index in [9.17, 15) is 9.59 Å². The minimum Gasteiger partial charge on any atom is -0.493 e. The zero-order chi connectivity index (χ0) is 15.2. The number of esters is 1. The standard InChI is InChI=1S/C15H19NO5/c1-11(18)21-15-13(9-16-3-5-20-6-4-16)7-12(10-17)8-14(15)19-2/h7-8,10H,3-6,9H2,1-2H3. The summed E-state index contributed by atoms with van der Waals surface area (Å²) in [6, 6.07) is 3.29. The summed E-state index contributed by atoms with van der Waals surface area (Å²) in [6.45, 7) is 4.86. The Morgan fingerprint density at radius 1 is 1.38 bits per heavy atom. The fourth-order valence-corrected chi connectivity index (χ4v) is 2.28. The van der Waals surface area contributed by atoms with Crippen LogP contribution >= 0.6 is 0 Å². The number of morpholine rings is 1. The molecule has 1 heterocycles. The van der Waals surface area contributed by atoms with E-state index in [1.165, 1.54) is 14.0 Å². The van der Waals surface area contributed by atoms with Crippen LogP contribution in [-0.4, -0.2) is 50.6 Å². The number of hydrogen-bond acceptors (Lipinski definition) is 6. The Morgan fingerprint density at radius 2 is 2.10 bits per heavy atom. The van der Waals surface area contributed by atoms with Crippen molar-refractivity contribution >= 4 is 12.3 Å². The van der Waals surface area contributed by atoms with Gasteiger partial charge in [0.2, 0.25) is 0 Å². The maximum atomic E-state index is 11.3.